The van der Waals surface area contributed by atoms with Gasteiger partial charge >= 0.3 is 0 Å². The lowest BCUT2D eigenvalue weighted by Gasteiger charge is -2.49. The molecule has 3 aromatic rings. The molecule has 11 nitrogen and oxygen atoms in total. The van der Waals surface area contributed by atoms with Crippen LogP contribution in [0.2, 0.25) is 10.0 Å². The minimum Gasteiger partial charge on any atom is -0.390 e. The zero-order chi connectivity index (χ0) is 30.9. The molecule has 0 radical (unpaired) electrons. The number of fused-ring (bicyclic) bond motifs is 1. The molecule has 2 amide bonds. The molecule has 2 heterocycles. The molecule has 1 aliphatic heterocycles. The van der Waals surface area contributed by atoms with Crippen molar-refractivity contribution in [3.63, 3.8) is 0 Å². The van der Waals surface area contributed by atoms with Crippen LogP contribution in [-0.4, -0.2) is 58.1 Å². The maximum Gasteiger partial charge on any atom is 0.255 e. The van der Waals surface area contributed by atoms with Gasteiger partial charge in [0.25, 0.3) is 11.8 Å². The number of halogens is 2. The van der Waals surface area contributed by atoms with Crippen molar-refractivity contribution in [1.82, 2.24) is 24.7 Å². The Labute approximate surface area is 260 Å². The molecular weight excluding hydrogens is 617 g/mol. The van der Waals surface area contributed by atoms with Crippen LogP contribution in [0, 0.1) is 0 Å². The number of nitrogens with one attached hydrogen (secondary N) is 2. The van der Waals surface area contributed by atoms with Crippen molar-refractivity contribution in [2.24, 2.45) is 7.05 Å². The monoisotopic (exact) mass is 649 g/mol. The molecule has 1 aliphatic carbocycles. The molecule has 1 aromatic heterocycles. The third kappa shape index (κ3) is 6.59. The Hall–Kier alpha value is -3.00. The number of benzene rings is 2. The van der Waals surface area contributed by atoms with E-state index in [1.54, 1.807) is 59.0 Å². The average Bonchev–Trinajstić information content (AvgIpc) is 3.31. The smallest absolute Gasteiger partial charge is 0.255 e. The Balaban J connectivity index is 1.58. The van der Waals surface area contributed by atoms with Crippen LogP contribution in [-0.2, 0) is 39.9 Å². The first-order chi connectivity index (χ1) is 20.5. The van der Waals surface area contributed by atoms with E-state index in [1.165, 1.54) is 6.20 Å². The van der Waals surface area contributed by atoms with Gasteiger partial charge in [0.1, 0.15) is 12.4 Å². The predicted octanol–water partition coefficient (Wildman–Crippen LogP) is 3.61. The van der Waals surface area contributed by atoms with E-state index in [0.717, 1.165) is 19.1 Å². The van der Waals surface area contributed by atoms with E-state index in [1.807, 2.05) is 0 Å². The molecule has 230 valence electrons. The van der Waals surface area contributed by atoms with E-state index in [2.05, 4.69) is 15.2 Å². The number of hydrogen-bond donors (Lipinski definition) is 3. The molecule has 5 rings (SSSR count). The second-order valence-corrected chi connectivity index (χ2v) is 13.5. The van der Waals surface area contributed by atoms with Crippen molar-refractivity contribution in [1.29, 1.82) is 0 Å². The van der Waals surface area contributed by atoms with Crippen LogP contribution in [0.15, 0.2) is 48.7 Å². The summed E-state index contributed by atoms with van der Waals surface area (Å²) in [6.45, 7) is -0.271. The highest BCUT2D eigenvalue weighted by molar-refractivity contribution is 7.88. The van der Waals surface area contributed by atoms with Gasteiger partial charge in [0.2, 0.25) is 10.0 Å². The Morgan fingerprint density at radius 3 is 2.58 bits per heavy atom. The van der Waals surface area contributed by atoms with Crippen LogP contribution in [0.3, 0.4) is 0 Å². The topological polar surface area (TPSA) is 143 Å². The molecule has 0 unspecified atom stereocenters. The molecule has 1 fully saturated rings. The van der Waals surface area contributed by atoms with Gasteiger partial charge in [0, 0.05) is 34.7 Å². The number of hydroxylamine groups is 1. The summed E-state index contributed by atoms with van der Waals surface area (Å²) in [5.41, 5.74) is 4.45. The number of hydrogen-bond acceptors (Lipinski definition) is 7. The standard InChI is InChI=1S/C29H33Cl2N5O6S/c1-35-18(15-37)14-32-25(35)16-42-33-28(38)26-19-7-3-4-8-20(19)29(39)36(27(26)21-12-11-17(30)13-22(21)31)24-10-6-5-9-23(24)34-43(2,40)41/h3-4,7-8,11-14,23-24,26-27,34,37H,5-6,9-10,15-16H2,1-2H3,(H,33,38)/t23-,24-,26+,27-/m0/s1. The number of nitrogens with zero attached hydrogens (tertiary/aromatic N) is 3. The quantitative estimate of drug-likeness (QED) is 0.301. The Morgan fingerprint density at radius 1 is 1.14 bits per heavy atom. The summed E-state index contributed by atoms with van der Waals surface area (Å²) < 4.78 is 29.1. The fourth-order valence-electron chi connectivity index (χ4n) is 6.13. The number of aliphatic hydroxyl groups is 1. The zero-order valence-corrected chi connectivity index (χ0v) is 26.0. The van der Waals surface area contributed by atoms with Gasteiger partial charge in [-0.1, -0.05) is 60.3 Å². The number of imidazole rings is 1. The molecule has 0 spiro atoms. The van der Waals surface area contributed by atoms with E-state index in [9.17, 15) is 23.1 Å². The summed E-state index contributed by atoms with van der Waals surface area (Å²) in [7, 11) is -1.87. The molecule has 0 saturated heterocycles. The lowest BCUT2D eigenvalue weighted by molar-refractivity contribution is -0.138. The third-order valence-corrected chi connectivity index (χ3v) is 9.40. The van der Waals surface area contributed by atoms with Gasteiger partial charge in [-0.05, 0) is 42.2 Å². The van der Waals surface area contributed by atoms with Crippen LogP contribution in [0.1, 0.15) is 70.6 Å². The second-order valence-electron chi connectivity index (χ2n) is 10.9. The van der Waals surface area contributed by atoms with E-state index >= 15 is 0 Å². The normalized spacial score (nSPS) is 22.3. The van der Waals surface area contributed by atoms with Gasteiger partial charge in [-0.2, -0.15) is 0 Å². The highest BCUT2D eigenvalue weighted by Crippen LogP contribution is 2.47. The molecule has 0 bridgehead atoms. The molecule has 2 aliphatic rings. The fourth-order valence-corrected chi connectivity index (χ4v) is 7.48. The van der Waals surface area contributed by atoms with Crippen LogP contribution in [0.25, 0.3) is 0 Å². The van der Waals surface area contributed by atoms with Gasteiger partial charge in [0.15, 0.2) is 0 Å². The van der Waals surface area contributed by atoms with Crippen molar-refractivity contribution in [2.75, 3.05) is 6.26 Å². The largest absolute Gasteiger partial charge is 0.390 e. The number of sulfonamides is 1. The first-order valence-electron chi connectivity index (χ1n) is 13.9. The summed E-state index contributed by atoms with van der Waals surface area (Å²) in [6, 6.07) is 9.74. The van der Waals surface area contributed by atoms with Crippen molar-refractivity contribution in [2.45, 2.75) is 62.9 Å². The fraction of sp³-hybridized carbons (Fsp3) is 0.414. The van der Waals surface area contributed by atoms with E-state index in [0.29, 0.717) is 46.1 Å². The van der Waals surface area contributed by atoms with Crippen LogP contribution in [0.4, 0.5) is 0 Å². The second kappa shape index (κ2) is 12.9. The maximum absolute atomic E-state index is 14.3. The van der Waals surface area contributed by atoms with E-state index in [4.69, 9.17) is 28.0 Å². The number of aromatic nitrogens is 2. The van der Waals surface area contributed by atoms with Gasteiger partial charge < -0.3 is 14.6 Å². The van der Waals surface area contributed by atoms with Crippen molar-refractivity contribution >= 4 is 45.0 Å². The molecule has 1 saturated carbocycles. The predicted molar refractivity (Wildman–Crippen MR) is 161 cm³/mol. The van der Waals surface area contributed by atoms with Crippen LogP contribution < -0.4 is 10.2 Å². The summed E-state index contributed by atoms with van der Waals surface area (Å²) in [5.74, 6) is -1.34. The number of amides is 2. The lowest BCUT2D eigenvalue weighted by Crippen LogP contribution is -2.59. The average molecular weight is 651 g/mol. The molecule has 14 heteroatoms. The SMILES string of the molecule is Cn1c(CO)cnc1CONC(=O)[C@@H]1c2ccccc2C(=O)N([C@H]2CCCC[C@@H]2NS(C)(=O)=O)[C@H]1c1ccc(Cl)cc1Cl. The minimum absolute atomic E-state index is 0.0748. The minimum atomic E-state index is -3.60. The summed E-state index contributed by atoms with van der Waals surface area (Å²) >= 11 is 13.0. The Morgan fingerprint density at radius 2 is 1.88 bits per heavy atom. The summed E-state index contributed by atoms with van der Waals surface area (Å²) in [4.78, 5) is 39.8. The van der Waals surface area contributed by atoms with Crippen molar-refractivity contribution < 1.29 is 28.0 Å². The van der Waals surface area contributed by atoms with Gasteiger partial charge in [0.05, 0.1) is 36.7 Å². The molecule has 3 N–H and O–H groups in total. The van der Waals surface area contributed by atoms with Gasteiger partial charge in [-0.15, -0.1) is 0 Å². The van der Waals surface area contributed by atoms with Crippen molar-refractivity contribution in [3.8, 4) is 0 Å². The van der Waals surface area contributed by atoms with Crippen LogP contribution in [0.5, 0.6) is 0 Å². The van der Waals surface area contributed by atoms with Gasteiger partial charge in [-0.3, -0.25) is 14.4 Å². The number of rotatable bonds is 9. The first-order valence-corrected chi connectivity index (χ1v) is 16.5. The first kappa shape index (κ1) is 31.4. The molecule has 4 atom stereocenters. The Bertz CT molecular complexity index is 1630. The highest BCUT2D eigenvalue weighted by atomic mass is 35.5. The van der Waals surface area contributed by atoms with Crippen LogP contribution >= 0.6 is 23.2 Å². The summed E-state index contributed by atoms with van der Waals surface area (Å²) in [6.07, 6.45) is 5.24. The lowest BCUT2D eigenvalue weighted by atomic mass is 9.76. The number of carbonyl (C=O) groups is 2. The maximum atomic E-state index is 14.3. The molecular formula is C29H33Cl2N5O6S. The number of aliphatic hydroxyl groups excluding tert-OH is 1. The highest BCUT2D eigenvalue weighted by Gasteiger charge is 2.49. The molecule has 2 aromatic carbocycles. The van der Waals surface area contributed by atoms with Crippen molar-refractivity contribution in [3.05, 3.63) is 86.9 Å². The van der Waals surface area contributed by atoms with Gasteiger partial charge in [-0.25, -0.2) is 23.6 Å². The molecule has 43 heavy (non-hydrogen) atoms. The zero-order valence-electron chi connectivity index (χ0n) is 23.7. The van der Waals surface area contributed by atoms with E-state index in [-0.39, 0.29) is 24.1 Å². The summed E-state index contributed by atoms with van der Waals surface area (Å²) in [5, 5.41) is 10.1. The van der Waals surface area contributed by atoms with E-state index < -0.39 is 40.0 Å². The Kier molecular flexibility index (Phi) is 9.45. The third-order valence-electron chi connectivity index (χ3n) is 8.11. The number of carbonyl (C=O) groups excluding carboxylic acids is 2.